The number of aryl methyl sites for hydroxylation is 1. The number of hydrogen-bond donors (Lipinski definition) is 1. The first kappa shape index (κ1) is 10.5. The maximum atomic E-state index is 12.4. The van der Waals surface area contributed by atoms with Crippen molar-refractivity contribution in [2.75, 3.05) is 0 Å². The molecule has 0 aromatic carbocycles. The van der Waals surface area contributed by atoms with Crippen LogP contribution in [0, 0.1) is 18.3 Å². The third kappa shape index (κ3) is 1.86. The Morgan fingerprint density at radius 3 is 2.71 bits per heavy atom. The second kappa shape index (κ2) is 4.11. The molecule has 1 rings (SSSR count). The Labute approximate surface area is 79.6 Å². The lowest BCUT2D eigenvalue weighted by Crippen LogP contribution is -2.01. The molecule has 0 saturated heterocycles. The maximum Gasteiger partial charge on any atom is 0.265 e. The molecule has 0 bridgehead atoms. The van der Waals surface area contributed by atoms with Crippen LogP contribution in [0.15, 0.2) is 6.07 Å². The van der Waals surface area contributed by atoms with Crippen LogP contribution < -0.4 is 0 Å². The van der Waals surface area contributed by atoms with Crippen molar-refractivity contribution >= 4 is 0 Å². The molecule has 1 N–H and O–H groups in total. The van der Waals surface area contributed by atoms with Crippen molar-refractivity contribution < 1.29 is 13.9 Å². The highest BCUT2D eigenvalue weighted by Crippen LogP contribution is 2.23. The van der Waals surface area contributed by atoms with Gasteiger partial charge in [0.1, 0.15) is 11.8 Å². The van der Waals surface area contributed by atoms with Gasteiger partial charge in [-0.2, -0.15) is 5.26 Å². The Balaban J connectivity index is 3.32. The molecule has 0 saturated carbocycles. The Morgan fingerprint density at radius 1 is 1.64 bits per heavy atom. The number of alkyl halides is 2. The van der Waals surface area contributed by atoms with Gasteiger partial charge in [-0.1, -0.05) is 0 Å². The predicted octanol–water partition coefficient (Wildman–Crippen LogP) is 1.69. The van der Waals surface area contributed by atoms with E-state index in [9.17, 15) is 8.78 Å². The van der Waals surface area contributed by atoms with E-state index in [1.54, 1.807) is 6.07 Å². The van der Waals surface area contributed by atoms with Crippen molar-refractivity contribution in [2.45, 2.75) is 20.0 Å². The third-order valence-corrected chi connectivity index (χ3v) is 1.84. The van der Waals surface area contributed by atoms with Crippen molar-refractivity contribution in [2.24, 2.45) is 0 Å². The molecule has 1 aromatic heterocycles. The van der Waals surface area contributed by atoms with E-state index in [0.717, 1.165) is 6.07 Å². The second-order valence-corrected chi connectivity index (χ2v) is 2.74. The molecule has 1 aromatic rings. The number of nitriles is 1. The van der Waals surface area contributed by atoms with Gasteiger partial charge in [0, 0.05) is 16.8 Å². The van der Waals surface area contributed by atoms with Gasteiger partial charge in [-0.3, -0.25) is 0 Å². The lowest BCUT2D eigenvalue weighted by atomic mass is 10.1. The summed E-state index contributed by atoms with van der Waals surface area (Å²) < 4.78 is 24.8. The molecule has 0 radical (unpaired) electrons. The average Bonchev–Trinajstić information content (AvgIpc) is 2.16. The van der Waals surface area contributed by atoms with Crippen molar-refractivity contribution in [1.82, 2.24) is 4.98 Å². The molecule has 0 aliphatic heterocycles. The summed E-state index contributed by atoms with van der Waals surface area (Å²) in [7, 11) is 0. The molecule has 3 nitrogen and oxygen atoms in total. The van der Waals surface area contributed by atoms with Crippen LogP contribution in [0.1, 0.15) is 28.9 Å². The fourth-order valence-electron chi connectivity index (χ4n) is 1.10. The van der Waals surface area contributed by atoms with Crippen LogP contribution in [0.2, 0.25) is 0 Å². The highest BCUT2D eigenvalue weighted by molar-refractivity contribution is 5.36. The van der Waals surface area contributed by atoms with Gasteiger partial charge in [0.05, 0.1) is 6.61 Å². The summed E-state index contributed by atoms with van der Waals surface area (Å²) in [6, 6.07) is 2.85. The number of nitrogens with zero attached hydrogens (tertiary/aromatic N) is 2. The minimum Gasteiger partial charge on any atom is -0.392 e. The van der Waals surface area contributed by atoms with Crippen LogP contribution in [0.3, 0.4) is 0 Å². The van der Waals surface area contributed by atoms with E-state index < -0.39 is 13.0 Å². The van der Waals surface area contributed by atoms with Gasteiger partial charge in [0.25, 0.3) is 6.43 Å². The van der Waals surface area contributed by atoms with Gasteiger partial charge in [0.2, 0.25) is 0 Å². The zero-order valence-electron chi connectivity index (χ0n) is 7.46. The molecule has 5 heteroatoms. The van der Waals surface area contributed by atoms with Gasteiger partial charge >= 0.3 is 0 Å². The van der Waals surface area contributed by atoms with Crippen molar-refractivity contribution in [3.63, 3.8) is 0 Å². The highest BCUT2D eigenvalue weighted by Gasteiger charge is 2.15. The summed E-state index contributed by atoms with van der Waals surface area (Å²) in [4.78, 5) is 3.68. The number of aromatic nitrogens is 1. The number of aliphatic hydroxyl groups is 1. The topological polar surface area (TPSA) is 56.9 Å². The van der Waals surface area contributed by atoms with Gasteiger partial charge in [-0.15, -0.1) is 0 Å². The van der Waals surface area contributed by atoms with E-state index in [4.69, 9.17) is 10.4 Å². The summed E-state index contributed by atoms with van der Waals surface area (Å²) in [6.07, 6.45) is -2.64. The largest absolute Gasteiger partial charge is 0.392 e. The van der Waals surface area contributed by atoms with E-state index in [0.29, 0.717) is 0 Å². The van der Waals surface area contributed by atoms with E-state index in [2.05, 4.69) is 4.98 Å². The van der Waals surface area contributed by atoms with Crippen molar-refractivity contribution in [3.05, 3.63) is 28.6 Å². The number of hydrogen-bond acceptors (Lipinski definition) is 3. The quantitative estimate of drug-likeness (QED) is 0.786. The lowest BCUT2D eigenvalue weighted by Gasteiger charge is -2.07. The van der Waals surface area contributed by atoms with Gasteiger partial charge in [-0.05, 0) is 13.0 Å². The fourth-order valence-corrected chi connectivity index (χ4v) is 1.10. The molecule has 0 aliphatic rings. The number of pyridine rings is 1. The van der Waals surface area contributed by atoms with Gasteiger partial charge in [-0.25, -0.2) is 13.8 Å². The summed E-state index contributed by atoms with van der Waals surface area (Å²) in [5, 5.41) is 17.4. The van der Waals surface area contributed by atoms with E-state index in [-0.39, 0.29) is 22.5 Å². The maximum absolute atomic E-state index is 12.4. The summed E-state index contributed by atoms with van der Waals surface area (Å²) in [5.74, 6) is 0. The third-order valence-electron chi connectivity index (χ3n) is 1.84. The molecule has 0 unspecified atom stereocenters. The van der Waals surface area contributed by atoms with Gasteiger partial charge < -0.3 is 5.11 Å². The summed E-state index contributed by atoms with van der Waals surface area (Å²) >= 11 is 0. The average molecular weight is 198 g/mol. The molecular formula is C9H8F2N2O. The molecular weight excluding hydrogens is 190 g/mol. The Bertz CT molecular complexity index is 384. The monoisotopic (exact) mass is 198 g/mol. The smallest absolute Gasteiger partial charge is 0.265 e. The molecule has 0 amide bonds. The predicted molar refractivity (Wildman–Crippen MR) is 44.6 cm³/mol. The summed E-state index contributed by atoms with van der Waals surface area (Å²) in [5.41, 5.74) is 0.00426. The van der Waals surface area contributed by atoms with Crippen LogP contribution in [-0.4, -0.2) is 10.1 Å². The zero-order valence-corrected chi connectivity index (χ0v) is 7.46. The van der Waals surface area contributed by atoms with Crippen molar-refractivity contribution in [3.8, 4) is 6.07 Å². The first-order valence-electron chi connectivity index (χ1n) is 3.89. The molecule has 14 heavy (non-hydrogen) atoms. The second-order valence-electron chi connectivity index (χ2n) is 2.74. The molecule has 0 aliphatic carbocycles. The van der Waals surface area contributed by atoms with E-state index in [1.165, 1.54) is 6.92 Å². The normalized spacial score (nSPS) is 10.3. The Morgan fingerprint density at radius 2 is 2.29 bits per heavy atom. The van der Waals surface area contributed by atoms with Crippen LogP contribution >= 0.6 is 0 Å². The number of rotatable bonds is 2. The first-order chi connectivity index (χ1) is 6.60. The number of halogens is 2. The van der Waals surface area contributed by atoms with Crippen LogP contribution in [0.5, 0.6) is 0 Å². The zero-order chi connectivity index (χ0) is 10.7. The summed E-state index contributed by atoms with van der Waals surface area (Å²) in [6.45, 7) is 0.944. The lowest BCUT2D eigenvalue weighted by molar-refractivity contribution is 0.149. The molecule has 0 fully saturated rings. The van der Waals surface area contributed by atoms with Crippen LogP contribution in [-0.2, 0) is 6.61 Å². The van der Waals surface area contributed by atoms with Crippen LogP contribution in [0.25, 0.3) is 0 Å². The fraction of sp³-hybridized carbons (Fsp3) is 0.333. The van der Waals surface area contributed by atoms with Crippen LogP contribution in [0.4, 0.5) is 8.78 Å². The standard InChI is InChI=1S/C9H8F2N2O/c1-5-7(9(10)11)2-6(4-14)8(3-12)13-5/h2,9,14H,4H2,1H3. The molecule has 74 valence electrons. The minimum atomic E-state index is -2.64. The number of aliphatic hydroxyl groups excluding tert-OH is 1. The first-order valence-corrected chi connectivity index (χ1v) is 3.89. The molecule has 0 spiro atoms. The Hall–Kier alpha value is -1.54. The van der Waals surface area contributed by atoms with E-state index >= 15 is 0 Å². The SMILES string of the molecule is Cc1nc(C#N)c(CO)cc1C(F)F. The highest BCUT2D eigenvalue weighted by atomic mass is 19.3. The van der Waals surface area contributed by atoms with Crippen molar-refractivity contribution in [1.29, 1.82) is 5.26 Å². The molecule has 0 atom stereocenters. The Kier molecular flexibility index (Phi) is 3.10. The minimum absolute atomic E-state index is 0.00519. The molecule has 1 heterocycles. The van der Waals surface area contributed by atoms with E-state index in [1.807, 2.05) is 0 Å². The van der Waals surface area contributed by atoms with Gasteiger partial charge in [0.15, 0.2) is 0 Å².